The molecule has 178 valence electrons. The molecule has 4 aliphatic rings. The molecular formula is C28H48O3. The van der Waals surface area contributed by atoms with Crippen LogP contribution in [0, 0.1) is 52.3 Å². The Morgan fingerprint density at radius 2 is 1.71 bits per heavy atom. The average molecular weight is 433 g/mol. The van der Waals surface area contributed by atoms with Crippen molar-refractivity contribution in [3.8, 4) is 0 Å². The van der Waals surface area contributed by atoms with Gasteiger partial charge in [0.1, 0.15) is 0 Å². The molecule has 0 radical (unpaired) electrons. The van der Waals surface area contributed by atoms with Gasteiger partial charge in [-0.15, -0.1) is 0 Å². The number of fused-ring (bicyclic) bond motifs is 5. The lowest BCUT2D eigenvalue weighted by Crippen LogP contribution is -2.53. The molecule has 0 spiro atoms. The van der Waals surface area contributed by atoms with Crippen molar-refractivity contribution >= 4 is 6.16 Å². The molecule has 4 fully saturated rings. The van der Waals surface area contributed by atoms with Crippen LogP contribution in [0.1, 0.15) is 111 Å². The van der Waals surface area contributed by atoms with E-state index in [0.717, 1.165) is 41.9 Å². The Balaban J connectivity index is 1.34. The third kappa shape index (κ3) is 4.41. The summed E-state index contributed by atoms with van der Waals surface area (Å²) in [7, 11) is 0. The monoisotopic (exact) mass is 432 g/mol. The quantitative estimate of drug-likeness (QED) is 0.413. The van der Waals surface area contributed by atoms with Crippen LogP contribution < -0.4 is 0 Å². The summed E-state index contributed by atoms with van der Waals surface area (Å²) in [5, 5.41) is 8.70. The van der Waals surface area contributed by atoms with Crippen LogP contribution in [0.15, 0.2) is 0 Å². The Morgan fingerprint density at radius 1 is 0.935 bits per heavy atom. The Labute approximate surface area is 191 Å². The van der Waals surface area contributed by atoms with E-state index in [2.05, 4.69) is 27.7 Å². The van der Waals surface area contributed by atoms with E-state index in [-0.39, 0.29) is 0 Å². The molecule has 0 aromatic heterocycles. The highest BCUT2D eigenvalue weighted by atomic mass is 16.7. The van der Waals surface area contributed by atoms with Crippen LogP contribution in [0.25, 0.3) is 0 Å². The minimum absolute atomic E-state index is 0.331. The molecule has 0 bridgehead atoms. The van der Waals surface area contributed by atoms with E-state index in [1.165, 1.54) is 77.0 Å². The lowest BCUT2D eigenvalue weighted by Gasteiger charge is -2.61. The van der Waals surface area contributed by atoms with E-state index in [9.17, 15) is 4.79 Å². The highest BCUT2D eigenvalue weighted by molar-refractivity contribution is 5.56. The third-order valence-electron chi connectivity index (χ3n) is 11.2. The molecule has 4 aliphatic carbocycles. The van der Waals surface area contributed by atoms with Crippen LogP contribution >= 0.6 is 0 Å². The van der Waals surface area contributed by atoms with E-state index in [1.54, 1.807) is 0 Å². The third-order valence-corrected chi connectivity index (χ3v) is 11.2. The van der Waals surface area contributed by atoms with Gasteiger partial charge in [-0.05, 0) is 110 Å². The first-order valence-corrected chi connectivity index (χ1v) is 13.6. The highest BCUT2D eigenvalue weighted by Crippen LogP contribution is 2.68. The van der Waals surface area contributed by atoms with E-state index >= 15 is 0 Å². The summed E-state index contributed by atoms with van der Waals surface area (Å²) < 4.78 is 4.76. The summed E-state index contributed by atoms with van der Waals surface area (Å²) in [5.41, 5.74) is 1.22. The van der Waals surface area contributed by atoms with Crippen LogP contribution in [0.2, 0.25) is 0 Å². The predicted molar refractivity (Wildman–Crippen MR) is 126 cm³/mol. The Kier molecular flexibility index (Phi) is 7.00. The van der Waals surface area contributed by atoms with Crippen LogP contribution in [0.4, 0.5) is 4.79 Å². The van der Waals surface area contributed by atoms with E-state index in [4.69, 9.17) is 9.84 Å². The Bertz CT molecular complexity index is 632. The van der Waals surface area contributed by atoms with E-state index < -0.39 is 6.16 Å². The smallest absolute Gasteiger partial charge is 0.450 e. The first-order valence-electron chi connectivity index (χ1n) is 13.6. The van der Waals surface area contributed by atoms with Crippen LogP contribution in [0.5, 0.6) is 0 Å². The van der Waals surface area contributed by atoms with Gasteiger partial charge in [0.2, 0.25) is 0 Å². The average Bonchev–Trinajstić information content (AvgIpc) is 3.09. The van der Waals surface area contributed by atoms with Crippen molar-refractivity contribution in [2.75, 3.05) is 6.61 Å². The van der Waals surface area contributed by atoms with Crippen molar-refractivity contribution in [2.24, 2.45) is 52.3 Å². The molecule has 1 N–H and O–H groups in total. The lowest BCUT2D eigenvalue weighted by molar-refractivity contribution is -0.114. The summed E-state index contributed by atoms with van der Waals surface area (Å²) in [6.07, 6.45) is 17.3. The molecule has 31 heavy (non-hydrogen) atoms. The first-order chi connectivity index (χ1) is 14.8. The van der Waals surface area contributed by atoms with E-state index in [0.29, 0.717) is 23.4 Å². The second-order valence-corrected chi connectivity index (χ2v) is 12.7. The molecule has 0 amide bonds. The molecule has 0 aromatic rings. The molecule has 0 saturated heterocycles. The molecule has 9 atom stereocenters. The highest BCUT2D eigenvalue weighted by Gasteiger charge is 2.60. The molecule has 0 heterocycles. The summed E-state index contributed by atoms with van der Waals surface area (Å²) in [6, 6.07) is 0. The van der Waals surface area contributed by atoms with Crippen molar-refractivity contribution in [3.63, 3.8) is 0 Å². The largest absolute Gasteiger partial charge is 0.505 e. The minimum Gasteiger partial charge on any atom is -0.450 e. The fourth-order valence-electron chi connectivity index (χ4n) is 9.56. The second-order valence-electron chi connectivity index (χ2n) is 12.7. The van der Waals surface area contributed by atoms with Crippen molar-refractivity contribution < 1.29 is 14.6 Å². The predicted octanol–water partition coefficient (Wildman–Crippen LogP) is 8.17. The number of carbonyl (C=O) groups is 1. The van der Waals surface area contributed by atoms with Gasteiger partial charge in [-0.2, -0.15) is 0 Å². The Hall–Kier alpha value is -0.730. The molecule has 3 nitrogen and oxygen atoms in total. The van der Waals surface area contributed by atoms with Crippen molar-refractivity contribution in [1.82, 2.24) is 0 Å². The summed E-state index contributed by atoms with van der Waals surface area (Å²) >= 11 is 0. The summed E-state index contributed by atoms with van der Waals surface area (Å²) in [5.74, 6) is 6.02. The molecule has 0 aromatic carbocycles. The van der Waals surface area contributed by atoms with Gasteiger partial charge in [-0.1, -0.05) is 53.4 Å². The second kappa shape index (κ2) is 9.26. The van der Waals surface area contributed by atoms with Gasteiger partial charge in [0, 0.05) is 0 Å². The van der Waals surface area contributed by atoms with Gasteiger partial charge in [-0.25, -0.2) is 4.79 Å². The van der Waals surface area contributed by atoms with Crippen molar-refractivity contribution in [3.05, 3.63) is 0 Å². The van der Waals surface area contributed by atoms with Gasteiger partial charge in [0.05, 0.1) is 6.61 Å². The topological polar surface area (TPSA) is 46.5 Å². The normalized spacial score (nSPS) is 43.9. The van der Waals surface area contributed by atoms with Crippen LogP contribution in [-0.2, 0) is 4.74 Å². The van der Waals surface area contributed by atoms with Gasteiger partial charge in [-0.3, -0.25) is 0 Å². The van der Waals surface area contributed by atoms with Gasteiger partial charge < -0.3 is 9.84 Å². The minimum atomic E-state index is -1.14. The molecule has 3 heteroatoms. The zero-order valence-electron chi connectivity index (χ0n) is 20.7. The molecular weight excluding hydrogens is 384 g/mol. The van der Waals surface area contributed by atoms with Crippen molar-refractivity contribution in [1.29, 1.82) is 0 Å². The van der Waals surface area contributed by atoms with Crippen LogP contribution in [-0.4, -0.2) is 17.9 Å². The maximum atomic E-state index is 10.6. The number of ether oxygens (including phenoxy) is 1. The maximum absolute atomic E-state index is 10.6. The standard InChI is InChI=1S/C28H48O3/c1-19(18-31-26(29)30)8-7-9-20(2)23-13-14-24-22-12-11-21-10-5-6-16-27(21,3)25(22)15-17-28(23,24)4/h19-25H,5-18H2,1-4H3,(H,29,30)/t19?,20-,21?,22+,23-,24+,25+,27+,28-/m1/s1. The maximum Gasteiger partial charge on any atom is 0.505 e. The summed E-state index contributed by atoms with van der Waals surface area (Å²) in [4.78, 5) is 10.6. The Morgan fingerprint density at radius 3 is 2.48 bits per heavy atom. The van der Waals surface area contributed by atoms with Gasteiger partial charge >= 0.3 is 6.16 Å². The zero-order valence-corrected chi connectivity index (χ0v) is 20.7. The number of hydrogen-bond donors (Lipinski definition) is 1. The first kappa shape index (κ1) is 23.4. The van der Waals surface area contributed by atoms with Gasteiger partial charge in [0.15, 0.2) is 0 Å². The summed E-state index contributed by atoms with van der Waals surface area (Å²) in [6.45, 7) is 10.4. The fourth-order valence-corrected chi connectivity index (χ4v) is 9.56. The number of hydrogen-bond acceptors (Lipinski definition) is 2. The molecule has 4 saturated carbocycles. The SMILES string of the molecule is CC(CCC[C@@H](C)[C@H]1CC[C@H]2[C@@H]3CCC4CCCC[C@]4(C)[C@H]3CC[C@]12C)COC(=O)O. The lowest BCUT2D eigenvalue weighted by atomic mass is 9.44. The molecule has 4 rings (SSSR count). The zero-order chi connectivity index (χ0) is 22.2. The number of carboxylic acid groups (broad SMARTS) is 1. The van der Waals surface area contributed by atoms with Crippen molar-refractivity contribution in [2.45, 2.75) is 111 Å². The van der Waals surface area contributed by atoms with Gasteiger partial charge in [0.25, 0.3) is 0 Å². The molecule has 2 unspecified atom stereocenters. The fraction of sp³-hybridized carbons (Fsp3) is 0.964. The number of rotatable bonds is 7. The molecule has 0 aliphatic heterocycles. The van der Waals surface area contributed by atoms with Crippen LogP contribution in [0.3, 0.4) is 0 Å². The van der Waals surface area contributed by atoms with E-state index in [1.807, 2.05) is 0 Å².